The number of carbonyl (C=O) groups excluding carboxylic acids is 1. The van der Waals surface area contributed by atoms with Gasteiger partial charge in [-0.1, -0.05) is 26.8 Å². The molecule has 2 aromatic heterocycles. The lowest BCUT2D eigenvalue weighted by molar-refractivity contribution is -0.125. The summed E-state index contributed by atoms with van der Waals surface area (Å²) in [5, 5.41) is 21.4. The lowest BCUT2D eigenvalue weighted by Crippen LogP contribution is -2.43. The quantitative estimate of drug-likeness (QED) is 0.684. The molecule has 2 aromatic rings. The van der Waals surface area contributed by atoms with Crippen LogP contribution in [0.1, 0.15) is 40.2 Å². The number of hydrogen-bond donors (Lipinski definition) is 3. The second-order valence-electron chi connectivity index (χ2n) is 7.03. The summed E-state index contributed by atoms with van der Waals surface area (Å²) in [6.45, 7) is 7.92. The van der Waals surface area contributed by atoms with Gasteiger partial charge in [-0.2, -0.15) is 5.10 Å². The van der Waals surface area contributed by atoms with Crippen molar-refractivity contribution in [3.05, 3.63) is 22.3 Å². The third-order valence-corrected chi connectivity index (χ3v) is 4.79. The van der Waals surface area contributed by atoms with Gasteiger partial charge in [-0.05, 0) is 42.4 Å². The Morgan fingerprint density at radius 1 is 1.54 bits per heavy atom. The molecule has 0 radical (unpaired) electrons. The van der Waals surface area contributed by atoms with Crippen LogP contribution >= 0.6 is 23.6 Å². The largest absolute Gasteiger partial charge is 0.394 e. The Morgan fingerprint density at radius 2 is 2.25 bits per heavy atom. The number of aromatic amines is 1. The number of carbonyl (C=O) groups is 1. The Hall–Kier alpha value is -1.51. The van der Waals surface area contributed by atoms with Gasteiger partial charge in [0.05, 0.1) is 17.5 Å². The number of hydrogen-bond acceptors (Lipinski definition) is 5. The van der Waals surface area contributed by atoms with E-state index in [9.17, 15) is 9.90 Å². The monoisotopic (exact) mass is 368 g/mol. The predicted molar refractivity (Wildman–Crippen MR) is 98.5 cm³/mol. The summed E-state index contributed by atoms with van der Waals surface area (Å²) < 4.78 is 2.11. The minimum absolute atomic E-state index is 0.0119. The zero-order valence-electron chi connectivity index (χ0n) is 14.4. The summed E-state index contributed by atoms with van der Waals surface area (Å²) in [7, 11) is 0. The first kappa shape index (κ1) is 18.8. The molecule has 132 valence electrons. The van der Waals surface area contributed by atoms with Crippen LogP contribution in [0.4, 0.5) is 0 Å². The molecule has 0 saturated heterocycles. The lowest BCUT2D eigenvalue weighted by atomic mass is 9.88. The molecule has 0 spiro atoms. The van der Waals surface area contributed by atoms with Crippen molar-refractivity contribution in [1.29, 1.82) is 0 Å². The van der Waals surface area contributed by atoms with E-state index in [0.29, 0.717) is 17.0 Å². The normalized spacial score (nSPS) is 14.4. The first-order chi connectivity index (χ1) is 11.2. The standard InChI is InChI=1S/C16H24N4O2S2/c1-10(14(22)17-11(9-21)8-16(2,3)4)20-13(18-19-15(20)23)12-6-5-7-24-12/h5-7,10-11,21H,8-9H2,1-4H3,(H,17,22)(H,19,23)/t10-,11-/m0/s1. The Kier molecular flexibility index (Phi) is 5.95. The van der Waals surface area contributed by atoms with E-state index < -0.39 is 6.04 Å². The van der Waals surface area contributed by atoms with E-state index >= 15 is 0 Å². The number of aromatic nitrogens is 3. The minimum Gasteiger partial charge on any atom is -0.394 e. The molecule has 6 nitrogen and oxygen atoms in total. The van der Waals surface area contributed by atoms with Gasteiger partial charge < -0.3 is 10.4 Å². The molecule has 8 heteroatoms. The summed E-state index contributed by atoms with van der Waals surface area (Å²) in [5.74, 6) is 0.461. The van der Waals surface area contributed by atoms with Crippen molar-refractivity contribution in [2.75, 3.05) is 6.61 Å². The molecule has 2 rings (SSSR count). The summed E-state index contributed by atoms with van der Waals surface area (Å²) in [4.78, 5) is 13.6. The molecule has 0 aliphatic rings. The molecule has 1 amide bonds. The van der Waals surface area contributed by atoms with Crippen molar-refractivity contribution in [3.8, 4) is 10.7 Å². The molecule has 2 atom stereocenters. The molecule has 0 aliphatic carbocycles. The van der Waals surface area contributed by atoms with Crippen LogP contribution in [0.3, 0.4) is 0 Å². The van der Waals surface area contributed by atoms with Gasteiger partial charge in [0.2, 0.25) is 5.91 Å². The molecule has 0 aliphatic heterocycles. The van der Waals surface area contributed by atoms with Gasteiger partial charge in [-0.3, -0.25) is 14.5 Å². The smallest absolute Gasteiger partial charge is 0.243 e. The highest BCUT2D eigenvalue weighted by Crippen LogP contribution is 2.26. The van der Waals surface area contributed by atoms with Crippen LogP contribution in [-0.4, -0.2) is 38.4 Å². The van der Waals surface area contributed by atoms with Crippen molar-refractivity contribution in [2.24, 2.45) is 5.41 Å². The number of nitrogens with one attached hydrogen (secondary N) is 2. The first-order valence-corrected chi connectivity index (χ1v) is 9.13. The van der Waals surface area contributed by atoms with Gasteiger partial charge >= 0.3 is 0 Å². The molecule has 0 fully saturated rings. The van der Waals surface area contributed by atoms with E-state index in [-0.39, 0.29) is 24.0 Å². The molecule has 0 bridgehead atoms. The predicted octanol–water partition coefficient (Wildman–Crippen LogP) is 3.14. The zero-order valence-corrected chi connectivity index (χ0v) is 16.0. The third-order valence-electron chi connectivity index (χ3n) is 3.64. The van der Waals surface area contributed by atoms with E-state index in [1.165, 1.54) is 11.3 Å². The number of amides is 1. The average Bonchev–Trinajstić information content (AvgIpc) is 3.13. The molecule has 0 saturated carbocycles. The lowest BCUT2D eigenvalue weighted by Gasteiger charge is -2.26. The van der Waals surface area contributed by atoms with E-state index in [1.54, 1.807) is 11.5 Å². The molecule has 0 unspecified atom stereocenters. The van der Waals surface area contributed by atoms with E-state index in [0.717, 1.165) is 4.88 Å². The maximum Gasteiger partial charge on any atom is 0.243 e. The molecule has 2 heterocycles. The number of rotatable bonds is 6. The number of thiophene rings is 1. The third kappa shape index (κ3) is 4.52. The Bertz CT molecular complexity index is 728. The summed E-state index contributed by atoms with van der Waals surface area (Å²) >= 11 is 6.83. The van der Waals surface area contributed by atoms with Gasteiger partial charge in [0.15, 0.2) is 10.6 Å². The van der Waals surface area contributed by atoms with Crippen molar-refractivity contribution in [3.63, 3.8) is 0 Å². The topological polar surface area (TPSA) is 82.9 Å². The summed E-state index contributed by atoms with van der Waals surface area (Å²) in [5.41, 5.74) is 0.0119. The van der Waals surface area contributed by atoms with E-state index in [1.807, 2.05) is 17.5 Å². The van der Waals surface area contributed by atoms with Crippen LogP contribution in [0.5, 0.6) is 0 Å². The highest BCUT2D eigenvalue weighted by Gasteiger charge is 2.25. The summed E-state index contributed by atoms with van der Waals surface area (Å²) in [6, 6.07) is 3.05. The second-order valence-corrected chi connectivity index (χ2v) is 8.36. The van der Waals surface area contributed by atoms with Crippen LogP contribution in [0, 0.1) is 10.2 Å². The molecular weight excluding hydrogens is 344 g/mol. The maximum absolute atomic E-state index is 12.6. The fourth-order valence-electron chi connectivity index (χ4n) is 2.58. The van der Waals surface area contributed by atoms with E-state index in [2.05, 4.69) is 36.3 Å². The van der Waals surface area contributed by atoms with Crippen molar-refractivity contribution < 1.29 is 9.90 Å². The first-order valence-electron chi connectivity index (χ1n) is 7.85. The van der Waals surface area contributed by atoms with Gasteiger partial charge in [0.1, 0.15) is 6.04 Å². The van der Waals surface area contributed by atoms with Crippen molar-refractivity contribution >= 4 is 29.5 Å². The Labute approximate surface area is 150 Å². The Morgan fingerprint density at radius 3 is 2.79 bits per heavy atom. The number of nitrogens with zero attached hydrogens (tertiary/aromatic N) is 2. The van der Waals surface area contributed by atoms with Crippen LogP contribution in [0.15, 0.2) is 17.5 Å². The highest BCUT2D eigenvalue weighted by molar-refractivity contribution is 7.71. The zero-order chi connectivity index (χ0) is 17.9. The molecule has 0 aromatic carbocycles. The SMILES string of the molecule is C[C@@H](C(=O)N[C@H](CO)CC(C)(C)C)n1c(-c2cccs2)n[nH]c1=S. The molecular formula is C16H24N4O2S2. The fourth-order valence-corrected chi connectivity index (χ4v) is 3.58. The second kappa shape index (κ2) is 7.58. The van der Waals surface area contributed by atoms with Crippen LogP contribution < -0.4 is 5.32 Å². The average molecular weight is 369 g/mol. The van der Waals surface area contributed by atoms with Gasteiger partial charge in [-0.25, -0.2) is 0 Å². The van der Waals surface area contributed by atoms with Crippen LogP contribution in [-0.2, 0) is 4.79 Å². The Balaban J connectivity index is 2.20. The van der Waals surface area contributed by atoms with Gasteiger partial charge in [0, 0.05) is 0 Å². The number of aliphatic hydroxyl groups is 1. The van der Waals surface area contributed by atoms with Crippen molar-refractivity contribution in [1.82, 2.24) is 20.1 Å². The summed E-state index contributed by atoms with van der Waals surface area (Å²) in [6.07, 6.45) is 0.691. The minimum atomic E-state index is -0.526. The van der Waals surface area contributed by atoms with Gasteiger partial charge in [0.25, 0.3) is 0 Å². The van der Waals surface area contributed by atoms with E-state index in [4.69, 9.17) is 12.2 Å². The molecule has 3 N–H and O–H groups in total. The van der Waals surface area contributed by atoms with Gasteiger partial charge in [-0.15, -0.1) is 11.3 Å². The number of aliphatic hydroxyl groups excluding tert-OH is 1. The molecule has 24 heavy (non-hydrogen) atoms. The van der Waals surface area contributed by atoms with Crippen LogP contribution in [0.2, 0.25) is 0 Å². The fraction of sp³-hybridized carbons (Fsp3) is 0.562. The highest BCUT2D eigenvalue weighted by atomic mass is 32.1. The van der Waals surface area contributed by atoms with Crippen LogP contribution in [0.25, 0.3) is 10.7 Å². The van der Waals surface area contributed by atoms with Crippen molar-refractivity contribution in [2.45, 2.75) is 46.2 Å². The number of H-pyrrole nitrogens is 1. The maximum atomic E-state index is 12.6.